The molecule has 0 bridgehead atoms. The molecule has 5 N–H and O–H groups in total. The SMILES string of the molecule is CCN/C=C(\C=N)C(O)/C(=N/NCC)C(=N)I. The molecular weight excluding hydrogens is 333 g/mol. The van der Waals surface area contributed by atoms with Gasteiger partial charge in [-0.3, -0.25) is 5.41 Å². The highest BCUT2D eigenvalue weighted by Gasteiger charge is 2.19. The first-order chi connectivity index (χ1) is 8.08. The first-order valence-corrected chi connectivity index (χ1v) is 6.33. The number of hydrogen-bond acceptors (Lipinski definition) is 6. The van der Waals surface area contributed by atoms with Gasteiger partial charge in [0.1, 0.15) is 15.5 Å². The maximum Gasteiger partial charge on any atom is 0.128 e. The van der Waals surface area contributed by atoms with Crippen molar-refractivity contribution in [2.45, 2.75) is 20.0 Å². The Hall–Kier alpha value is -0.960. The van der Waals surface area contributed by atoms with Gasteiger partial charge in [-0.25, -0.2) is 0 Å². The molecule has 0 rings (SSSR count). The zero-order valence-corrected chi connectivity index (χ0v) is 12.1. The maximum absolute atomic E-state index is 10.0. The standard InChI is InChI=1S/C10H18IN5O/c1-3-14-6-7(5-12)9(17)8(10(11)13)16-15-4-2/h5-6,9,12-15,17H,3-4H2,1-2H3/b7-6+,12-5?,13-10?,16-8-. The van der Waals surface area contributed by atoms with E-state index in [4.69, 9.17) is 10.8 Å². The van der Waals surface area contributed by atoms with E-state index in [1.807, 2.05) is 13.8 Å². The maximum atomic E-state index is 10.0. The van der Waals surface area contributed by atoms with Crippen molar-refractivity contribution in [1.29, 1.82) is 10.8 Å². The Balaban J connectivity index is 4.98. The number of aliphatic hydroxyl groups excluding tert-OH is 1. The van der Waals surface area contributed by atoms with Gasteiger partial charge in [0.25, 0.3) is 0 Å². The normalized spacial score (nSPS) is 14.1. The zero-order chi connectivity index (χ0) is 13.3. The molecule has 0 fully saturated rings. The van der Waals surface area contributed by atoms with E-state index in [0.717, 1.165) is 6.21 Å². The Morgan fingerprint density at radius 1 is 1.47 bits per heavy atom. The van der Waals surface area contributed by atoms with Crippen LogP contribution in [0.4, 0.5) is 0 Å². The first-order valence-electron chi connectivity index (χ1n) is 5.25. The number of rotatable bonds is 8. The van der Waals surface area contributed by atoms with Crippen molar-refractivity contribution < 1.29 is 5.11 Å². The molecule has 7 heteroatoms. The summed E-state index contributed by atoms with van der Waals surface area (Å²) in [5.74, 6) is 0. The van der Waals surface area contributed by atoms with Crippen molar-refractivity contribution in [3.8, 4) is 0 Å². The molecular formula is C10H18IN5O. The first kappa shape index (κ1) is 16.0. The smallest absolute Gasteiger partial charge is 0.128 e. The minimum atomic E-state index is -1.07. The van der Waals surface area contributed by atoms with Crippen LogP contribution in [0.3, 0.4) is 0 Å². The molecule has 0 aromatic carbocycles. The molecule has 0 aliphatic carbocycles. The quantitative estimate of drug-likeness (QED) is 0.255. The average molecular weight is 351 g/mol. The number of aliphatic hydroxyl groups is 1. The van der Waals surface area contributed by atoms with Crippen molar-refractivity contribution >= 4 is 38.2 Å². The third kappa shape index (κ3) is 5.78. The summed E-state index contributed by atoms with van der Waals surface area (Å²) >= 11 is 1.78. The summed E-state index contributed by atoms with van der Waals surface area (Å²) in [7, 11) is 0. The van der Waals surface area contributed by atoms with E-state index in [0.29, 0.717) is 18.7 Å². The van der Waals surface area contributed by atoms with Gasteiger partial charge in [-0.15, -0.1) is 0 Å². The molecule has 0 spiro atoms. The molecule has 17 heavy (non-hydrogen) atoms. The van der Waals surface area contributed by atoms with Crippen LogP contribution in [-0.2, 0) is 0 Å². The van der Waals surface area contributed by atoms with Crippen LogP contribution in [0.15, 0.2) is 16.9 Å². The summed E-state index contributed by atoms with van der Waals surface area (Å²) < 4.78 is 0.139. The van der Waals surface area contributed by atoms with Crippen LogP contribution in [0.25, 0.3) is 0 Å². The highest BCUT2D eigenvalue weighted by molar-refractivity contribution is 14.1. The summed E-state index contributed by atoms with van der Waals surface area (Å²) in [6.45, 7) is 5.09. The van der Waals surface area contributed by atoms with Gasteiger partial charge in [0.2, 0.25) is 0 Å². The summed E-state index contributed by atoms with van der Waals surface area (Å²) in [5, 5.41) is 31.6. The second kappa shape index (κ2) is 9.11. The Kier molecular flexibility index (Phi) is 8.60. The lowest BCUT2D eigenvalue weighted by molar-refractivity contribution is 0.284. The Labute approximate surface area is 115 Å². The van der Waals surface area contributed by atoms with E-state index in [2.05, 4.69) is 15.8 Å². The van der Waals surface area contributed by atoms with Gasteiger partial charge in [-0.05, 0) is 36.4 Å². The van der Waals surface area contributed by atoms with Gasteiger partial charge in [0.15, 0.2) is 0 Å². The fourth-order valence-electron chi connectivity index (χ4n) is 0.972. The lowest BCUT2D eigenvalue weighted by Gasteiger charge is -2.13. The van der Waals surface area contributed by atoms with Crippen molar-refractivity contribution in [2.24, 2.45) is 5.10 Å². The minimum Gasteiger partial charge on any atom is -0.391 e. The minimum absolute atomic E-state index is 0.139. The summed E-state index contributed by atoms with van der Waals surface area (Å²) in [4.78, 5) is 0. The molecule has 1 atom stereocenters. The van der Waals surface area contributed by atoms with Crippen LogP contribution in [0.5, 0.6) is 0 Å². The summed E-state index contributed by atoms with van der Waals surface area (Å²) in [6, 6.07) is 0. The molecule has 96 valence electrons. The topological polar surface area (TPSA) is 104 Å². The number of halogens is 1. The molecule has 0 aliphatic heterocycles. The van der Waals surface area contributed by atoms with Crippen LogP contribution in [0, 0.1) is 10.8 Å². The highest BCUT2D eigenvalue weighted by Crippen LogP contribution is 2.05. The average Bonchev–Trinajstić information content (AvgIpc) is 2.30. The van der Waals surface area contributed by atoms with Crippen molar-refractivity contribution in [3.05, 3.63) is 11.8 Å². The van der Waals surface area contributed by atoms with Gasteiger partial charge in [0, 0.05) is 31.1 Å². The number of hydrazone groups is 1. The van der Waals surface area contributed by atoms with E-state index >= 15 is 0 Å². The van der Waals surface area contributed by atoms with E-state index in [1.54, 1.807) is 28.8 Å². The van der Waals surface area contributed by atoms with E-state index in [-0.39, 0.29) is 9.43 Å². The van der Waals surface area contributed by atoms with E-state index < -0.39 is 6.10 Å². The van der Waals surface area contributed by atoms with E-state index in [1.165, 1.54) is 0 Å². The van der Waals surface area contributed by atoms with Gasteiger partial charge in [0.05, 0.1) is 0 Å². The Morgan fingerprint density at radius 3 is 2.53 bits per heavy atom. The fraction of sp³-hybridized carbons (Fsp3) is 0.500. The Bertz CT molecular complexity index is 327. The highest BCUT2D eigenvalue weighted by atomic mass is 127. The molecule has 0 radical (unpaired) electrons. The molecule has 0 saturated heterocycles. The van der Waals surface area contributed by atoms with Gasteiger partial charge < -0.3 is 21.3 Å². The summed E-state index contributed by atoms with van der Waals surface area (Å²) in [5.41, 5.74) is 3.28. The predicted octanol–water partition coefficient (Wildman–Crippen LogP) is 0.868. The molecule has 1 unspecified atom stereocenters. The number of hydrogen-bond donors (Lipinski definition) is 5. The molecule has 0 heterocycles. The molecule has 0 aliphatic rings. The monoisotopic (exact) mass is 351 g/mol. The van der Waals surface area contributed by atoms with Crippen molar-refractivity contribution in [3.63, 3.8) is 0 Å². The van der Waals surface area contributed by atoms with Crippen LogP contribution < -0.4 is 10.7 Å². The lowest BCUT2D eigenvalue weighted by atomic mass is 10.1. The predicted molar refractivity (Wildman–Crippen MR) is 79.4 cm³/mol. The van der Waals surface area contributed by atoms with Crippen molar-refractivity contribution in [1.82, 2.24) is 10.7 Å². The van der Waals surface area contributed by atoms with Crippen LogP contribution in [-0.4, -0.2) is 39.9 Å². The van der Waals surface area contributed by atoms with Gasteiger partial charge in [-0.1, -0.05) is 0 Å². The fourth-order valence-corrected chi connectivity index (χ4v) is 1.39. The molecule has 0 amide bonds. The molecule has 0 aromatic rings. The molecule has 0 saturated carbocycles. The van der Waals surface area contributed by atoms with Gasteiger partial charge in [-0.2, -0.15) is 5.10 Å². The second-order valence-corrected chi connectivity index (χ2v) is 4.15. The third-order valence-corrected chi connectivity index (χ3v) is 2.35. The lowest BCUT2D eigenvalue weighted by Crippen LogP contribution is -2.31. The number of nitrogens with one attached hydrogen (secondary N) is 4. The molecule has 0 aromatic heterocycles. The van der Waals surface area contributed by atoms with Gasteiger partial charge >= 0.3 is 0 Å². The third-order valence-electron chi connectivity index (χ3n) is 1.80. The summed E-state index contributed by atoms with van der Waals surface area (Å²) in [6.07, 6.45) is 1.53. The Morgan fingerprint density at radius 2 is 2.12 bits per heavy atom. The second-order valence-electron chi connectivity index (χ2n) is 3.07. The number of nitrogens with zero attached hydrogens (tertiary/aromatic N) is 1. The largest absolute Gasteiger partial charge is 0.391 e. The van der Waals surface area contributed by atoms with Crippen LogP contribution in [0.1, 0.15) is 13.8 Å². The van der Waals surface area contributed by atoms with Crippen molar-refractivity contribution in [2.75, 3.05) is 13.1 Å². The van der Waals surface area contributed by atoms with Crippen LogP contribution >= 0.6 is 22.6 Å². The zero-order valence-electron chi connectivity index (χ0n) is 9.92. The van der Waals surface area contributed by atoms with Crippen LogP contribution in [0.2, 0.25) is 0 Å². The van der Waals surface area contributed by atoms with E-state index in [9.17, 15) is 5.11 Å². The molecule has 6 nitrogen and oxygen atoms in total.